The Labute approximate surface area is 120 Å². The van der Waals surface area contributed by atoms with Crippen molar-refractivity contribution >= 4 is 0 Å². The Hall–Kier alpha value is -0.900. The fourth-order valence-electron chi connectivity index (χ4n) is 4.32. The third-order valence-corrected chi connectivity index (χ3v) is 5.78. The average molecular weight is 275 g/mol. The highest BCUT2D eigenvalue weighted by Crippen LogP contribution is 2.43. The maximum Gasteiger partial charge on any atom is 0.231 e. The molecule has 0 amide bonds. The molecule has 3 atom stereocenters. The van der Waals surface area contributed by atoms with Crippen LogP contribution < -0.4 is 5.32 Å². The summed E-state index contributed by atoms with van der Waals surface area (Å²) in [6.07, 6.45) is 8.74. The van der Waals surface area contributed by atoms with E-state index in [2.05, 4.69) is 24.3 Å². The molecular weight excluding hydrogens is 250 g/mol. The van der Waals surface area contributed by atoms with E-state index in [9.17, 15) is 0 Å². The molecule has 2 bridgehead atoms. The van der Waals surface area contributed by atoms with E-state index in [-0.39, 0.29) is 0 Å². The number of nitrogens with zero attached hydrogens (tertiary/aromatic N) is 2. The summed E-state index contributed by atoms with van der Waals surface area (Å²) in [6, 6.07) is 1.27. The first kappa shape index (κ1) is 12.8. The van der Waals surface area contributed by atoms with Gasteiger partial charge in [-0.25, -0.2) is 0 Å². The Morgan fingerprint density at radius 1 is 1.15 bits per heavy atom. The van der Waals surface area contributed by atoms with Gasteiger partial charge in [0.05, 0.1) is 5.92 Å². The molecule has 0 spiro atoms. The van der Waals surface area contributed by atoms with Crippen molar-refractivity contribution in [3.05, 3.63) is 11.7 Å². The molecule has 4 heteroatoms. The molecule has 2 aliphatic heterocycles. The summed E-state index contributed by atoms with van der Waals surface area (Å²) in [7, 11) is 0. The van der Waals surface area contributed by atoms with E-state index in [1.54, 1.807) is 0 Å². The number of aromatic nitrogens is 2. The van der Waals surface area contributed by atoms with E-state index in [4.69, 9.17) is 9.51 Å². The Bertz CT molecular complexity index is 486. The average Bonchev–Trinajstić information content (AvgIpc) is 3.14. The number of hydrogen-bond acceptors (Lipinski definition) is 4. The van der Waals surface area contributed by atoms with Crippen molar-refractivity contribution < 1.29 is 4.52 Å². The summed E-state index contributed by atoms with van der Waals surface area (Å²) < 4.78 is 5.61. The molecule has 4 nitrogen and oxygen atoms in total. The van der Waals surface area contributed by atoms with E-state index < -0.39 is 0 Å². The normalized spacial score (nSPS) is 36.6. The fourth-order valence-corrected chi connectivity index (χ4v) is 4.32. The van der Waals surface area contributed by atoms with Gasteiger partial charge in [0.1, 0.15) is 0 Å². The van der Waals surface area contributed by atoms with E-state index in [1.165, 1.54) is 44.9 Å². The summed E-state index contributed by atoms with van der Waals surface area (Å²) in [5.41, 5.74) is 0.498. The molecule has 3 fully saturated rings. The molecule has 3 heterocycles. The second-order valence-electron chi connectivity index (χ2n) is 7.82. The van der Waals surface area contributed by atoms with Gasteiger partial charge in [-0.05, 0) is 50.4 Å². The maximum absolute atomic E-state index is 5.61. The summed E-state index contributed by atoms with van der Waals surface area (Å²) >= 11 is 0. The second-order valence-corrected chi connectivity index (χ2v) is 7.82. The van der Waals surface area contributed by atoms with Crippen LogP contribution in [0.3, 0.4) is 0 Å². The number of nitrogens with one attached hydrogen (secondary N) is 1. The van der Waals surface area contributed by atoms with Gasteiger partial charge in [0, 0.05) is 18.0 Å². The first-order valence-corrected chi connectivity index (χ1v) is 8.20. The lowest BCUT2D eigenvalue weighted by molar-refractivity contribution is 0.218. The van der Waals surface area contributed by atoms with Crippen LogP contribution in [0.4, 0.5) is 0 Å². The van der Waals surface area contributed by atoms with Crippen LogP contribution in [0.2, 0.25) is 0 Å². The lowest BCUT2D eigenvalue weighted by Crippen LogP contribution is -2.22. The predicted octanol–water partition coefficient (Wildman–Crippen LogP) is 3.36. The lowest BCUT2D eigenvalue weighted by Gasteiger charge is -2.32. The van der Waals surface area contributed by atoms with Gasteiger partial charge in [-0.1, -0.05) is 19.0 Å². The predicted molar refractivity (Wildman–Crippen MR) is 76.6 cm³/mol. The summed E-state index contributed by atoms with van der Waals surface area (Å²) in [5, 5.41) is 7.95. The minimum absolute atomic E-state index is 0.468. The van der Waals surface area contributed by atoms with Crippen molar-refractivity contribution in [2.75, 3.05) is 0 Å². The smallest absolute Gasteiger partial charge is 0.231 e. The van der Waals surface area contributed by atoms with Gasteiger partial charge >= 0.3 is 0 Å². The van der Waals surface area contributed by atoms with Crippen LogP contribution in [-0.2, 0) is 0 Å². The molecule has 1 saturated carbocycles. The van der Waals surface area contributed by atoms with E-state index in [0.29, 0.717) is 29.3 Å². The third-order valence-electron chi connectivity index (χ3n) is 5.78. The van der Waals surface area contributed by atoms with Crippen molar-refractivity contribution in [1.29, 1.82) is 0 Å². The van der Waals surface area contributed by atoms with Gasteiger partial charge in [-0.3, -0.25) is 0 Å². The van der Waals surface area contributed by atoms with Crippen molar-refractivity contribution in [2.45, 2.75) is 82.7 Å². The SMILES string of the molecule is CC1(C)CCC(c2noc(C3CC4CCC3N4)n2)CC1. The van der Waals surface area contributed by atoms with Crippen molar-refractivity contribution in [2.24, 2.45) is 5.41 Å². The summed E-state index contributed by atoms with van der Waals surface area (Å²) in [6.45, 7) is 4.73. The zero-order valence-electron chi connectivity index (χ0n) is 12.6. The number of rotatable bonds is 2. The standard InChI is InChI=1S/C16H25N3O/c1-16(2)7-5-10(6-8-16)14-18-15(20-19-14)12-9-11-3-4-13(12)17-11/h10-13,17H,3-9H2,1-2H3. The minimum atomic E-state index is 0.468. The second kappa shape index (κ2) is 4.55. The Kier molecular flexibility index (Phi) is 2.92. The largest absolute Gasteiger partial charge is 0.339 e. The highest BCUT2D eigenvalue weighted by atomic mass is 16.5. The molecule has 2 saturated heterocycles. The molecular formula is C16H25N3O. The van der Waals surface area contributed by atoms with Crippen molar-refractivity contribution in [3.8, 4) is 0 Å². The molecule has 1 aromatic heterocycles. The van der Waals surface area contributed by atoms with Crippen LogP contribution in [0.25, 0.3) is 0 Å². The first-order chi connectivity index (χ1) is 9.61. The highest BCUT2D eigenvalue weighted by Gasteiger charge is 2.43. The summed E-state index contributed by atoms with van der Waals surface area (Å²) in [5.74, 6) is 2.85. The fraction of sp³-hybridized carbons (Fsp3) is 0.875. The molecule has 1 aliphatic carbocycles. The minimum Gasteiger partial charge on any atom is -0.339 e. The van der Waals surface area contributed by atoms with Gasteiger partial charge < -0.3 is 9.84 Å². The highest BCUT2D eigenvalue weighted by molar-refractivity contribution is 5.11. The van der Waals surface area contributed by atoms with Crippen LogP contribution in [0.5, 0.6) is 0 Å². The molecule has 20 heavy (non-hydrogen) atoms. The van der Waals surface area contributed by atoms with E-state index in [1.807, 2.05) is 0 Å². The van der Waals surface area contributed by atoms with Gasteiger partial charge in [0.2, 0.25) is 5.89 Å². The van der Waals surface area contributed by atoms with Gasteiger partial charge in [0.15, 0.2) is 5.82 Å². The molecule has 4 rings (SSSR count). The Balaban J connectivity index is 1.46. The van der Waals surface area contributed by atoms with E-state index in [0.717, 1.165) is 11.7 Å². The first-order valence-electron chi connectivity index (χ1n) is 8.20. The van der Waals surface area contributed by atoms with Gasteiger partial charge in [-0.15, -0.1) is 0 Å². The van der Waals surface area contributed by atoms with Crippen molar-refractivity contribution in [3.63, 3.8) is 0 Å². The zero-order valence-corrected chi connectivity index (χ0v) is 12.6. The van der Waals surface area contributed by atoms with Crippen LogP contribution >= 0.6 is 0 Å². The topological polar surface area (TPSA) is 51.0 Å². The van der Waals surface area contributed by atoms with Gasteiger partial charge in [-0.2, -0.15) is 4.98 Å². The maximum atomic E-state index is 5.61. The number of fused-ring (bicyclic) bond motifs is 2. The van der Waals surface area contributed by atoms with Crippen LogP contribution in [0.1, 0.15) is 82.3 Å². The molecule has 1 aromatic rings. The quantitative estimate of drug-likeness (QED) is 0.899. The molecule has 3 unspecified atom stereocenters. The lowest BCUT2D eigenvalue weighted by atomic mass is 9.73. The van der Waals surface area contributed by atoms with Crippen LogP contribution in [0.15, 0.2) is 4.52 Å². The molecule has 3 aliphatic rings. The molecule has 0 aromatic carbocycles. The van der Waals surface area contributed by atoms with Crippen LogP contribution in [-0.4, -0.2) is 22.2 Å². The zero-order chi connectivity index (χ0) is 13.7. The Morgan fingerprint density at radius 3 is 2.60 bits per heavy atom. The van der Waals surface area contributed by atoms with Crippen LogP contribution in [0, 0.1) is 5.41 Å². The van der Waals surface area contributed by atoms with Crippen molar-refractivity contribution in [1.82, 2.24) is 15.5 Å². The monoisotopic (exact) mass is 275 g/mol. The molecule has 110 valence electrons. The number of hydrogen-bond donors (Lipinski definition) is 1. The Morgan fingerprint density at radius 2 is 1.95 bits per heavy atom. The summed E-state index contributed by atoms with van der Waals surface area (Å²) in [4.78, 5) is 4.76. The molecule has 0 radical (unpaired) electrons. The third kappa shape index (κ3) is 2.18. The van der Waals surface area contributed by atoms with E-state index >= 15 is 0 Å². The van der Waals surface area contributed by atoms with Gasteiger partial charge in [0.25, 0.3) is 0 Å². The molecule has 1 N–H and O–H groups in total.